The van der Waals surface area contributed by atoms with Crippen molar-refractivity contribution < 1.29 is 0 Å². The molecule has 0 radical (unpaired) electrons. The monoisotopic (exact) mass is 209 g/mol. The van der Waals surface area contributed by atoms with Crippen molar-refractivity contribution in [3.63, 3.8) is 0 Å². The zero-order valence-electron chi connectivity index (χ0n) is 7.84. The number of hydrogen-bond acceptors (Lipinski definition) is 5. The smallest absolute Gasteiger partial charge is 0.0953 e. The zero-order valence-corrected chi connectivity index (χ0v) is 8.66. The van der Waals surface area contributed by atoms with E-state index in [1.807, 2.05) is 17.7 Å². The van der Waals surface area contributed by atoms with Crippen molar-refractivity contribution in [2.75, 3.05) is 0 Å². The molecule has 14 heavy (non-hydrogen) atoms. The van der Waals surface area contributed by atoms with Gasteiger partial charge in [-0.25, -0.2) is 4.98 Å². The van der Waals surface area contributed by atoms with Gasteiger partial charge in [0, 0.05) is 12.7 Å². The third-order valence-corrected chi connectivity index (χ3v) is 2.78. The Balaban J connectivity index is 2.15. The fourth-order valence-electron chi connectivity index (χ4n) is 1.16. The van der Waals surface area contributed by atoms with Crippen LogP contribution in [-0.4, -0.2) is 19.1 Å². The Morgan fingerprint density at radius 2 is 2.43 bits per heavy atom. The summed E-state index contributed by atoms with van der Waals surface area (Å²) in [5.74, 6) is 0. The quantitative estimate of drug-likeness (QED) is 0.801. The molecule has 2 N–H and O–H groups in total. The van der Waals surface area contributed by atoms with Gasteiger partial charge < -0.3 is 10.3 Å². The summed E-state index contributed by atoms with van der Waals surface area (Å²) in [6.07, 6.45) is 3.72. The van der Waals surface area contributed by atoms with E-state index < -0.39 is 0 Å². The maximum Gasteiger partial charge on any atom is 0.0953 e. The topological polar surface area (TPSA) is 69.6 Å². The van der Waals surface area contributed by atoms with E-state index in [9.17, 15) is 0 Å². The van der Waals surface area contributed by atoms with Crippen LogP contribution in [0.25, 0.3) is 0 Å². The first-order valence-corrected chi connectivity index (χ1v) is 5.05. The number of nitrogens with zero attached hydrogens (tertiary/aromatic N) is 4. The third kappa shape index (κ3) is 1.80. The highest BCUT2D eigenvalue weighted by Gasteiger charge is 2.04. The summed E-state index contributed by atoms with van der Waals surface area (Å²) < 4.78 is 5.87. The molecule has 0 amide bonds. The molecule has 0 bridgehead atoms. The van der Waals surface area contributed by atoms with Crippen LogP contribution in [0.2, 0.25) is 0 Å². The number of nitrogens with two attached hydrogens (primary N) is 1. The second-order valence-corrected chi connectivity index (χ2v) is 3.86. The Kier molecular flexibility index (Phi) is 2.55. The molecule has 0 aliphatic carbocycles. The van der Waals surface area contributed by atoms with Gasteiger partial charge in [0.2, 0.25) is 0 Å². The maximum absolute atomic E-state index is 5.47. The van der Waals surface area contributed by atoms with Gasteiger partial charge in [0.25, 0.3) is 0 Å². The molecule has 0 atom stereocenters. The van der Waals surface area contributed by atoms with Crippen LogP contribution >= 0.6 is 11.5 Å². The van der Waals surface area contributed by atoms with E-state index in [0.29, 0.717) is 6.54 Å². The van der Waals surface area contributed by atoms with Gasteiger partial charge in [-0.05, 0) is 18.5 Å². The molecule has 0 spiro atoms. The number of aryl methyl sites for hydroxylation is 1. The summed E-state index contributed by atoms with van der Waals surface area (Å²) in [5, 5.41) is 3.95. The minimum Gasteiger partial charge on any atom is -0.332 e. The lowest BCUT2D eigenvalue weighted by atomic mass is 10.4. The predicted octanol–water partition coefficient (Wildman–Crippen LogP) is 0.550. The van der Waals surface area contributed by atoms with E-state index in [1.165, 1.54) is 11.5 Å². The lowest BCUT2D eigenvalue weighted by Crippen LogP contribution is -1.97. The lowest BCUT2D eigenvalue weighted by Gasteiger charge is -1.97. The van der Waals surface area contributed by atoms with Gasteiger partial charge in [-0.1, -0.05) is 4.49 Å². The van der Waals surface area contributed by atoms with E-state index in [0.717, 1.165) is 22.8 Å². The normalized spacial score (nSPS) is 10.7. The Hall–Kier alpha value is -1.27. The Morgan fingerprint density at radius 3 is 3.00 bits per heavy atom. The van der Waals surface area contributed by atoms with Crippen molar-refractivity contribution in [2.45, 2.75) is 20.0 Å². The van der Waals surface area contributed by atoms with Crippen LogP contribution in [0.4, 0.5) is 0 Å². The van der Waals surface area contributed by atoms with E-state index in [1.54, 1.807) is 6.33 Å². The summed E-state index contributed by atoms with van der Waals surface area (Å²) in [6, 6.07) is 0. The molecule has 2 aromatic rings. The first-order valence-electron chi connectivity index (χ1n) is 4.28. The Morgan fingerprint density at radius 1 is 1.57 bits per heavy atom. The summed E-state index contributed by atoms with van der Waals surface area (Å²) in [4.78, 5) is 5.30. The fraction of sp³-hybridized carbons (Fsp3) is 0.375. The second kappa shape index (κ2) is 3.85. The number of imidazole rings is 1. The van der Waals surface area contributed by atoms with Crippen molar-refractivity contribution >= 4 is 11.5 Å². The Bertz CT molecular complexity index is 419. The van der Waals surface area contributed by atoms with Gasteiger partial charge in [0.15, 0.2) is 0 Å². The molecule has 2 aromatic heterocycles. The molecule has 74 valence electrons. The molecule has 0 aromatic carbocycles. The number of hydrogen-bond donors (Lipinski definition) is 1. The highest BCUT2D eigenvalue weighted by molar-refractivity contribution is 7.05. The van der Waals surface area contributed by atoms with Gasteiger partial charge in [-0.15, -0.1) is 5.10 Å². The number of aromatic nitrogens is 4. The minimum atomic E-state index is 0.479. The van der Waals surface area contributed by atoms with Crippen LogP contribution in [0.1, 0.15) is 16.3 Å². The molecule has 2 heterocycles. The van der Waals surface area contributed by atoms with E-state index in [4.69, 9.17) is 5.73 Å². The zero-order chi connectivity index (χ0) is 9.97. The van der Waals surface area contributed by atoms with Crippen molar-refractivity contribution in [3.8, 4) is 0 Å². The Labute approximate surface area is 85.8 Å². The lowest BCUT2D eigenvalue weighted by molar-refractivity contribution is 0.800. The van der Waals surface area contributed by atoms with Crippen molar-refractivity contribution in [2.24, 2.45) is 5.73 Å². The molecule has 0 aliphatic heterocycles. The SMILES string of the molecule is Cc1nnsc1Cn1cnc(CN)c1. The van der Waals surface area contributed by atoms with E-state index >= 15 is 0 Å². The van der Waals surface area contributed by atoms with Crippen molar-refractivity contribution in [3.05, 3.63) is 28.8 Å². The van der Waals surface area contributed by atoms with Gasteiger partial charge in [0.05, 0.1) is 29.1 Å². The second-order valence-electron chi connectivity index (χ2n) is 3.02. The average molecular weight is 209 g/mol. The molecule has 6 heteroatoms. The summed E-state index contributed by atoms with van der Waals surface area (Å²) >= 11 is 1.42. The molecular weight excluding hydrogens is 198 g/mol. The molecule has 5 nitrogen and oxygen atoms in total. The van der Waals surface area contributed by atoms with Gasteiger partial charge in [-0.3, -0.25) is 0 Å². The molecule has 0 saturated heterocycles. The standard InChI is InChI=1S/C8H11N5S/c1-6-8(14-12-11-6)4-13-3-7(2-9)10-5-13/h3,5H,2,4,9H2,1H3. The third-order valence-electron chi connectivity index (χ3n) is 1.97. The molecule has 0 fully saturated rings. The average Bonchev–Trinajstić information content (AvgIpc) is 2.77. The van der Waals surface area contributed by atoms with Crippen molar-refractivity contribution in [1.29, 1.82) is 0 Å². The van der Waals surface area contributed by atoms with E-state index in [-0.39, 0.29) is 0 Å². The maximum atomic E-state index is 5.47. The van der Waals surface area contributed by atoms with E-state index in [2.05, 4.69) is 14.6 Å². The first-order chi connectivity index (χ1) is 6.79. The van der Waals surface area contributed by atoms with Crippen LogP contribution in [0.5, 0.6) is 0 Å². The predicted molar refractivity (Wildman–Crippen MR) is 53.9 cm³/mol. The van der Waals surface area contributed by atoms with Crippen LogP contribution in [-0.2, 0) is 13.1 Å². The molecule has 0 unspecified atom stereocenters. The van der Waals surface area contributed by atoms with Gasteiger partial charge in [0.1, 0.15) is 0 Å². The largest absolute Gasteiger partial charge is 0.332 e. The van der Waals surface area contributed by atoms with Crippen molar-refractivity contribution in [1.82, 2.24) is 19.1 Å². The van der Waals surface area contributed by atoms with Crippen LogP contribution in [0, 0.1) is 6.92 Å². The van der Waals surface area contributed by atoms with Crippen LogP contribution in [0.3, 0.4) is 0 Å². The molecular formula is C8H11N5S. The highest BCUT2D eigenvalue weighted by Crippen LogP contribution is 2.11. The number of rotatable bonds is 3. The first kappa shape index (κ1) is 9.29. The summed E-state index contributed by atoms with van der Waals surface area (Å²) in [6.45, 7) is 3.21. The van der Waals surface area contributed by atoms with Gasteiger partial charge in [-0.2, -0.15) is 0 Å². The molecule has 0 saturated carbocycles. The fourth-order valence-corrected chi connectivity index (χ4v) is 1.80. The molecule has 2 rings (SSSR count). The van der Waals surface area contributed by atoms with Crippen LogP contribution < -0.4 is 5.73 Å². The van der Waals surface area contributed by atoms with Gasteiger partial charge >= 0.3 is 0 Å². The highest BCUT2D eigenvalue weighted by atomic mass is 32.1. The summed E-state index contributed by atoms with van der Waals surface area (Å²) in [5.41, 5.74) is 7.36. The van der Waals surface area contributed by atoms with Crippen LogP contribution in [0.15, 0.2) is 12.5 Å². The minimum absolute atomic E-state index is 0.479. The molecule has 0 aliphatic rings. The summed E-state index contributed by atoms with van der Waals surface area (Å²) in [7, 11) is 0.